The van der Waals surface area contributed by atoms with Gasteiger partial charge in [-0.15, -0.1) is 0 Å². The Hall–Kier alpha value is -2.49. The van der Waals surface area contributed by atoms with E-state index in [1.54, 1.807) is 0 Å². The third-order valence-electron chi connectivity index (χ3n) is 4.68. The van der Waals surface area contributed by atoms with Crippen LogP contribution in [0.2, 0.25) is 0 Å². The van der Waals surface area contributed by atoms with Crippen molar-refractivity contribution >= 4 is 11.6 Å². The van der Waals surface area contributed by atoms with Crippen molar-refractivity contribution in [1.29, 1.82) is 0 Å². The molecule has 1 aliphatic heterocycles. The lowest BCUT2D eigenvalue weighted by Gasteiger charge is -2.48. The van der Waals surface area contributed by atoms with Crippen LogP contribution in [0.5, 0.6) is 5.75 Å². The van der Waals surface area contributed by atoms with E-state index in [0.29, 0.717) is 13.2 Å². The molecule has 126 valence electrons. The number of amides is 1. The van der Waals surface area contributed by atoms with Gasteiger partial charge in [0.15, 0.2) is 0 Å². The highest BCUT2D eigenvalue weighted by molar-refractivity contribution is 6.02. The van der Waals surface area contributed by atoms with Gasteiger partial charge in [0.1, 0.15) is 11.4 Å². The maximum Gasteiger partial charge on any atom is 0.258 e. The van der Waals surface area contributed by atoms with Gasteiger partial charge in [0, 0.05) is 12.2 Å². The SMILES string of the molecule is CCOc1ccc(C2(CC)Nc3ccccc3C(=O)N2CC)cc1. The fourth-order valence-electron chi connectivity index (χ4n) is 3.51. The molecule has 0 fully saturated rings. The van der Waals surface area contributed by atoms with E-state index in [1.807, 2.05) is 67.3 Å². The monoisotopic (exact) mass is 324 g/mol. The molecule has 0 spiro atoms. The standard InChI is InChI=1S/C20H24N2O2/c1-4-20(15-11-13-16(14-12-15)24-6-3)21-18-10-8-7-9-17(18)19(23)22(20)5-2/h7-14,21H,4-6H2,1-3H3. The Morgan fingerprint density at radius 3 is 2.38 bits per heavy atom. The number of nitrogens with zero attached hydrogens (tertiary/aromatic N) is 1. The summed E-state index contributed by atoms with van der Waals surface area (Å²) in [7, 11) is 0. The molecule has 1 unspecified atom stereocenters. The summed E-state index contributed by atoms with van der Waals surface area (Å²) in [6.45, 7) is 7.38. The first-order chi connectivity index (χ1) is 11.7. The molecule has 2 aromatic rings. The van der Waals surface area contributed by atoms with Crippen LogP contribution in [0.4, 0.5) is 5.69 Å². The molecule has 0 radical (unpaired) electrons. The van der Waals surface area contributed by atoms with Crippen LogP contribution in [-0.4, -0.2) is 24.0 Å². The number of rotatable bonds is 5. The molecule has 0 saturated heterocycles. The van der Waals surface area contributed by atoms with E-state index >= 15 is 0 Å². The van der Waals surface area contributed by atoms with E-state index in [1.165, 1.54) is 0 Å². The molecule has 1 heterocycles. The van der Waals surface area contributed by atoms with Gasteiger partial charge in [-0.1, -0.05) is 31.2 Å². The van der Waals surface area contributed by atoms with Crippen molar-refractivity contribution in [3.63, 3.8) is 0 Å². The van der Waals surface area contributed by atoms with Crippen LogP contribution in [0.15, 0.2) is 48.5 Å². The molecular formula is C20H24N2O2. The average Bonchev–Trinajstić information content (AvgIpc) is 2.62. The molecule has 3 rings (SSSR count). The Morgan fingerprint density at radius 2 is 1.75 bits per heavy atom. The lowest BCUT2D eigenvalue weighted by atomic mass is 9.89. The fraction of sp³-hybridized carbons (Fsp3) is 0.350. The summed E-state index contributed by atoms with van der Waals surface area (Å²) in [6, 6.07) is 15.7. The molecule has 1 N–H and O–H groups in total. The lowest BCUT2D eigenvalue weighted by Crippen LogP contribution is -2.57. The number of benzene rings is 2. The predicted molar refractivity (Wildman–Crippen MR) is 96.4 cm³/mol. The summed E-state index contributed by atoms with van der Waals surface area (Å²) in [5, 5.41) is 3.62. The maximum absolute atomic E-state index is 13.0. The summed E-state index contributed by atoms with van der Waals surface area (Å²) in [6.07, 6.45) is 0.773. The summed E-state index contributed by atoms with van der Waals surface area (Å²) < 4.78 is 5.54. The van der Waals surface area contributed by atoms with Gasteiger partial charge in [-0.3, -0.25) is 4.79 Å². The highest BCUT2D eigenvalue weighted by Crippen LogP contribution is 2.40. The van der Waals surface area contributed by atoms with E-state index in [-0.39, 0.29) is 5.91 Å². The number of fused-ring (bicyclic) bond motifs is 1. The Morgan fingerprint density at radius 1 is 1.04 bits per heavy atom. The van der Waals surface area contributed by atoms with Gasteiger partial charge in [-0.25, -0.2) is 0 Å². The van der Waals surface area contributed by atoms with Crippen molar-refractivity contribution in [2.24, 2.45) is 0 Å². The van der Waals surface area contributed by atoms with Crippen LogP contribution < -0.4 is 10.1 Å². The van der Waals surface area contributed by atoms with Crippen molar-refractivity contribution in [1.82, 2.24) is 4.90 Å². The molecule has 0 bridgehead atoms. The molecule has 0 saturated carbocycles. The second-order valence-corrected chi connectivity index (χ2v) is 5.89. The van der Waals surface area contributed by atoms with Crippen molar-refractivity contribution in [3.05, 3.63) is 59.7 Å². The average molecular weight is 324 g/mol. The predicted octanol–water partition coefficient (Wildman–Crippen LogP) is 4.24. The summed E-state index contributed by atoms with van der Waals surface area (Å²) in [5.74, 6) is 0.917. The van der Waals surface area contributed by atoms with Gasteiger partial charge in [0.05, 0.1) is 12.2 Å². The van der Waals surface area contributed by atoms with Crippen LogP contribution in [0.1, 0.15) is 43.1 Å². The highest BCUT2D eigenvalue weighted by atomic mass is 16.5. The topological polar surface area (TPSA) is 41.6 Å². The van der Waals surface area contributed by atoms with Crippen molar-refractivity contribution < 1.29 is 9.53 Å². The maximum atomic E-state index is 13.0. The first kappa shape index (κ1) is 16.4. The van der Waals surface area contributed by atoms with E-state index < -0.39 is 5.66 Å². The van der Waals surface area contributed by atoms with Crippen molar-refractivity contribution in [3.8, 4) is 5.75 Å². The molecular weight excluding hydrogens is 300 g/mol. The van der Waals surface area contributed by atoms with E-state index in [0.717, 1.165) is 29.0 Å². The quantitative estimate of drug-likeness (QED) is 0.894. The second-order valence-electron chi connectivity index (χ2n) is 5.89. The molecule has 0 aliphatic carbocycles. The number of hydrogen-bond acceptors (Lipinski definition) is 3. The molecule has 4 heteroatoms. The van der Waals surface area contributed by atoms with E-state index in [9.17, 15) is 4.79 Å². The van der Waals surface area contributed by atoms with Crippen LogP contribution in [0, 0.1) is 0 Å². The van der Waals surface area contributed by atoms with E-state index in [2.05, 4.69) is 12.2 Å². The molecule has 2 aromatic carbocycles. The Balaban J connectivity index is 2.08. The highest BCUT2D eigenvalue weighted by Gasteiger charge is 2.43. The normalized spacial score (nSPS) is 19.6. The Labute approximate surface area is 143 Å². The second kappa shape index (κ2) is 6.56. The van der Waals surface area contributed by atoms with Crippen molar-refractivity contribution in [2.75, 3.05) is 18.5 Å². The Kier molecular flexibility index (Phi) is 4.47. The van der Waals surface area contributed by atoms with Crippen LogP contribution in [0.25, 0.3) is 0 Å². The van der Waals surface area contributed by atoms with Crippen LogP contribution >= 0.6 is 0 Å². The number of anilines is 1. The Bertz CT molecular complexity index is 727. The lowest BCUT2D eigenvalue weighted by molar-refractivity contribution is 0.0503. The van der Waals surface area contributed by atoms with Gasteiger partial charge < -0.3 is 15.0 Å². The number of para-hydroxylation sites is 1. The third kappa shape index (κ3) is 2.52. The van der Waals surface area contributed by atoms with E-state index in [4.69, 9.17) is 4.74 Å². The third-order valence-corrected chi connectivity index (χ3v) is 4.68. The van der Waals surface area contributed by atoms with Crippen molar-refractivity contribution in [2.45, 2.75) is 32.9 Å². The zero-order chi connectivity index (χ0) is 17.2. The van der Waals surface area contributed by atoms with Gasteiger partial charge >= 0.3 is 0 Å². The number of hydrogen-bond donors (Lipinski definition) is 1. The first-order valence-corrected chi connectivity index (χ1v) is 8.58. The summed E-state index contributed by atoms with van der Waals surface area (Å²) >= 11 is 0. The van der Waals surface area contributed by atoms with Crippen LogP contribution in [0.3, 0.4) is 0 Å². The minimum Gasteiger partial charge on any atom is -0.494 e. The zero-order valence-corrected chi connectivity index (χ0v) is 14.5. The summed E-state index contributed by atoms with van der Waals surface area (Å²) in [5.41, 5.74) is 2.15. The minimum atomic E-state index is -0.537. The van der Waals surface area contributed by atoms with Crippen LogP contribution in [-0.2, 0) is 5.66 Å². The van der Waals surface area contributed by atoms with Gasteiger partial charge in [-0.2, -0.15) is 0 Å². The summed E-state index contributed by atoms with van der Waals surface area (Å²) in [4.78, 5) is 14.9. The number of ether oxygens (including phenoxy) is 1. The molecule has 4 nitrogen and oxygen atoms in total. The molecule has 1 aliphatic rings. The molecule has 0 aromatic heterocycles. The molecule has 24 heavy (non-hydrogen) atoms. The minimum absolute atomic E-state index is 0.0718. The van der Waals surface area contributed by atoms with Gasteiger partial charge in [0.2, 0.25) is 0 Å². The first-order valence-electron chi connectivity index (χ1n) is 8.58. The number of carbonyl (C=O) groups is 1. The largest absolute Gasteiger partial charge is 0.494 e. The molecule has 1 atom stereocenters. The zero-order valence-electron chi connectivity index (χ0n) is 14.5. The van der Waals surface area contributed by atoms with Gasteiger partial charge in [0.25, 0.3) is 5.91 Å². The fourth-order valence-corrected chi connectivity index (χ4v) is 3.51. The van der Waals surface area contributed by atoms with Gasteiger partial charge in [-0.05, 0) is 50.1 Å². The number of carbonyl (C=O) groups excluding carboxylic acids is 1. The number of nitrogens with one attached hydrogen (secondary N) is 1. The molecule has 1 amide bonds. The smallest absolute Gasteiger partial charge is 0.258 e.